The van der Waals surface area contributed by atoms with Crippen molar-refractivity contribution in [1.29, 1.82) is 0 Å². The maximum absolute atomic E-state index is 11.9. The molecule has 1 aliphatic heterocycles. The molecule has 1 unspecified atom stereocenters. The number of amides is 1. The van der Waals surface area contributed by atoms with Gasteiger partial charge in [0.05, 0.1) is 0 Å². The van der Waals surface area contributed by atoms with Crippen LogP contribution in [0.4, 0.5) is 0 Å². The van der Waals surface area contributed by atoms with Crippen LogP contribution in [0, 0.1) is 17.3 Å². The average Bonchev–Trinajstić information content (AvgIpc) is 2.92. The number of carbonyl (C=O) groups excluding carboxylic acids is 1. The average molecular weight is 219 g/mol. The van der Waals surface area contributed by atoms with Crippen LogP contribution in [0.5, 0.6) is 0 Å². The van der Waals surface area contributed by atoms with Crippen molar-refractivity contribution >= 4 is 5.91 Å². The Labute approximate surface area is 97.2 Å². The summed E-state index contributed by atoms with van der Waals surface area (Å²) in [4.78, 5) is 11.9. The monoisotopic (exact) mass is 219 g/mol. The van der Waals surface area contributed by atoms with Gasteiger partial charge < -0.3 is 5.32 Å². The third-order valence-corrected chi connectivity index (χ3v) is 6.11. The summed E-state index contributed by atoms with van der Waals surface area (Å²) in [6.45, 7) is 0. The fourth-order valence-electron chi connectivity index (χ4n) is 5.35. The smallest absolute Gasteiger partial charge is 0.221 e. The quantitative estimate of drug-likeness (QED) is 0.666. The van der Waals surface area contributed by atoms with Crippen molar-refractivity contribution in [3.8, 4) is 0 Å². The number of hydrogen-bond donors (Lipinski definition) is 1. The molecular formula is C14H21NO. The SMILES string of the molecule is O=C1CC2(CC[C@@H]3C[C@@H]32)C2(CCCCC2)N1. The van der Waals surface area contributed by atoms with E-state index < -0.39 is 0 Å². The standard InChI is InChI=1S/C14H21NO/c16-12-9-13(7-4-10-8-11(10)13)14(15-12)5-2-1-3-6-14/h10-11H,1-9H2,(H,15,16)/t10-,11+,13?/m1/s1. The van der Waals surface area contributed by atoms with Gasteiger partial charge in [-0.25, -0.2) is 0 Å². The van der Waals surface area contributed by atoms with Gasteiger partial charge in [-0.05, 0) is 43.9 Å². The van der Waals surface area contributed by atoms with E-state index in [-0.39, 0.29) is 5.54 Å². The van der Waals surface area contributed by atoms with E-state index in [1.54, 1.807) is 0 Å². The van der Waals surface area contributed by atoms with Gasteiger partial charge in [0.25, 0.3) is 0 Å². The maximum atomic E-state index is 11.9. The second-order valence-corrected chi connectivity index (χ2v) is 6.66. The molecule has 3 aliphatic carbocycles. The van der Waals surface area contributed by atoms with E-state index in [0.717, 1.165) is 18.3 Å². The summed E-state index contributed by atoms with van der Waals surface area (Å²) in [5.41, 5.74) is 0.632. The molecule has 1 amide bonds. The van der Waals surface area contributed by atoms with Crippen molar-refractivity contribution in [2.75, 3.05) is 0 Å². The predicted molar refractivity (Wildman–Crippen MR) is 61.8 cm³/mol. The number of carbonyl (C=O) groups is 1. The summed E-state index contributed by atoms with van der Waals surface area (Å²) >= 11 is 0. The fourth-order valence-corrected chi connectivity index (χ4v) is 5.35. The lowest BCUT2D eigenvalue weighted by atomic mass is 9.61. The molecule has 0 aromatic carbocycles. The lowest BCUT2D eigenvalue weighted by molar-refractivity contribution is -0.120. The molecule has 3 saturated carbocycles. The van der Waals surface area contributed by atoms with Crippen LogP contribution in [-0.4, -0.2) is 11.4 Å². The molecule has 2 heteroatoms. The lowest BCUT2D eigenvalue weighted by Crippen LogP contribution is -2.53. The zero-order valence-corrected chi connectivity index (χ0v) is 9.93. The Bertz CT molecular complexity index is 345. The van der Waals surface area contributed by atoms with Crippen LogP contribution < -0.4 is 5.32 Å². The molecule has 4 fully saturated rings. The first-order chi connectivity index (χ1) is 7.76. The highest BCUT2D eigenvalue weighted by Gasteiger charge is 2.69. The molecule has 0 bridgehead atoms. The Morgan fingerprint density at radius 3 is 2.56 bits per heavy atom. The van der Waals surface area contributed by atoms with Crippen LogP contribution in [0.25, 0.3) is 0 Å². The molecule has 2 spiro atoms. The van der Waals surface area contributed by atoms with Crippen LogP contribution in [0.1, 0.15) is 57.8 Å². The molecule has 0 aromatic rings. The predicted octanol–water partition coefficient (Wildman–Crippen LogP) is 2.63. The second kappa shape index (κ2) is 2.83. The van der Waals surface area contributed by atoms with Crippen LogP contribution in [0.15, 0.2) is 0 Å². The van der Waals surface area contributed by atoms with E-state index in [0.29, 0.717) is 11.3 Å². The molecule has 0 radical (unpaired) electrons. The molecule has 1 heterocycles. The van der Waals surface area contributed by atoms with Crippen LogP contribution in [0.3, 0.4) is 0 Å². The first kappa shape index (κ1) is 9.49. The Morgan fingerprint density at radius 1 is 1.12 bits per heavy atom. The molecule has 0 aromatic heterocycles. The largest absolute Gasteiger partial charge is 0.350 e. The van der Waals surface area contributed by atoms with Gasteiger partial charge in [0.15, 0.2) is 0 Å². The van der Waals surface area contributed by atoms with E-state index in [9.17, 15) is 4.79 Å². The minimum atomic E-state index is 0.234. The number of fused-ring (bicyclic) bond motifs is 3. The van der Waals surface area contributed by atoms with Gasteiger partial charge in [-0.15, -0.1) is 0 Å². The van der Waals surface area contributed by atoms with Crippen molar-refractivity contribution in [3.05, 3.63) is 0 Å². The maximum Gasteiger partial charge on any atom is 0.221 e. The van der Waals surface area contributed by atoms with Gasteiger partial charge in [-0.3, -0.25) is 4.79 Å². The summed E-state index contributed by atoms with van der Waals surface area (Å²) in [6.07, 6.45) is 11.6. The van der Waals surface area contributed by atoms with Crippen molar-refractivity contribution in [3.63, 3.8) is 0 Å². The Hall–Kier alpha value is -0.530. The summed E-state index contributed by atoms with van der Waals surface area (Å²) in [5, 5.41) is 3.42. The van der Waals surface area contributed by atoms with E-state index >= 15 is 0 Å². The highest BCUT2D eigenvalue weighted by atomic mass is 16.2. The van der Waals surface area contributed by atoms with Crippen LogP contribution in [0.2, 0.25) is 0 Å². The second-order valence-electron chi connectivity index (χ2n) is 6.66. The molecule has 3 atom stereocenters. The zero-order chi connectivity index (χ0) is 10.8. The zero-order valence-electron chi connectivity index (χ0n) is 9.93. The van der Waals surface area contributed by atoms with Crippen molar-refractivity contribution < 1.29 is 4.79 Å². The summed E-state index contributed by atoms with van der Waals surface area (Å²) < 4.78 is 0. The van der Waals surface area contributed by atoms with E-state index in [4.69, 9.17) is 0 Å². The first-order valence-electron chi connectivity index (χ1n) is 7.07. The molecule has 2 nitrogen and oxygen atoms in total. The van der Waals surface area contributed by atoms with E-state index in [1.807, 2.05) is 0 Å². The number of rotatable bonds is 0. The van der Waals surface area contributed by atoms with Gasteiger partial charge in [-0.2, -0.15) is 0 Å². The van der Waals surface area contributed by atoms with Crippen molar-refractivity contribution in [2.45, 2.75) is 63.3 Å². The van der Waals surface area contributed by atoms with Crippen LogP contribution in [-0.2, 0) is 4.79 Å². The lowest BCUT2D eigenvalue weighted by Gasteiger charge is -2.47. The van der Waals surface area contributed by atoms with Gasteiger partial charge in [-0.1, -0.05) is 19.3 Å². The van der Waals surface area contributed by atoms with Gasteiger partial charge >= 0.3 is 0 Å². The van der Waals surface area contributed by atoms with Crippen LogP contribution >= 0.6 is 0 Å². The Balaban J connectivity index is 1.75. The minimum absolute atomic E-state index is 0.234. The number of hydrogen-bond acceptors (Lipinski definition) is 1. The fraction of sp³-hybridized carbons (Fsp3) is 0.929. The normalized spacial score (nSPS) is 48.4. The summed E-state index contributed by atoms with van der Waals surface area (Å²) in [5.74, 6) is 2.26. The molecule has 88 valence electrons. The third kappa shape index (κ3) is 0.970. The highest BCUT2D eigenvalue weighted by molar-refractivity contribution is 5.81. The van der Waals surface area contributed by atoms with Gasteiger partial charge in [0, 0.05) is 17.4 Å². The van der Waals surface area contributed by atoms with E-state index in [2.05, 4.69) is 5.32 Å². The minimum Gasteiger partial charge on any atom is -0.350 e. The van der Waals surface area contributed by atoms with Crippen molar-refractivity contribution in [2.24, 2.45) is 17.3 Å². The molecule has 4 aliphatic rings. The Morgan fingerprint density at radius 2 is 1.94 bits per heavy atom. The van der Waals surface area contributed by atoms with Crippen molar-refractivity contribution in [1.82, 2.24) is 5.32 Å². The first-order valence-corrected chi connectivity index (χ1v) is 7.07. The van der Waals surface area contributed by atoms with Gasteiger partial charge in [0.2, 0.25) is 5.91 Å². The third-order valence-electron chi connectivity index (χ3n) is 6.11. The molecular weight excluding hydrogens is 198 g/mol. The number of nitrogens with one attached hydrogen (secondary N) is 1. The molecule has 1 N–H and O–H groups in total. The summed E-state index contributed by atoms with van der Waals surface area (Å²) in [6, 6.07) is 0. The Kier molecular flexibility index (Phi) is 1.68. The van der Waals surface area contributed by atoms with E-state index in [1.165, 1.54) is 51.4 Å². The van der Waals surface area contributed by atoms with Gasteiger partial charge in [0.1, 0.15) is 0 Å². The summed E-state index contributed by atoms with van der Waals surface area (Å²) in [7, 11) is 0. The molecule has 1 saturated heterocycles. The topological polar surface area (TPSA) is 29.1 Å². The molecule has 16 heavy (non-hydrogen) atoms. The highest BCUT2D eigenvalue weighted by Crippen LogP contribution is 2.70. The molecule has 4 rings (SSSR count).